The van der Waals surface area contributed by atoms with Crippen LogP contribution in [0.3, 0.4) is 0 Å². The van der Waals surface area contributed by atoms with Crippen LogP contribution >= 0.6 is 0 Å². The molecule has 1 heterocycles. The summed E-state index contributed by atoms with van der Waals surface area (Å²) in [6.07, 6.45) is 4.72. The van der Waals surface area contributed by atoms with Crippen LogP contribution < -0.4 is 19.5 Å². The number of imidazole rings is 1. The van der Waals surface area contributed by atoms with Crippen LogP contribution in [0.1, 0.15) is 53.0 Å². The van der Waals surface area contributed by atoms with Crippen LogP contribution in [-0.2, 0) is 13.0 Å². The fourth-order valence-corrected chi connectivity index (χ4v) is 4.70. The number of ether oxygens (including phenoxy) is 3. The van der Waals surface area contributed by atoms with Gasteiger partial charge in [0.2, 0.25) is 0 Å². The molecule has 4 aromatic rings. The molecule has 7 heteroatoms. The van der Waals surface area contributed by atoms with Gasteiger partial charge in [0.1, 0.15) is 11.6 Å². The second kappa shape index (κ2) is 13.7. The first-order valence-corrected chi connectivity index (χ1v) is 13.6. The van der Waals surface area contributed by atoms with Crippen molar-refractivity contribution in [2.24, 2.45) is 0 Å². The second-order valence-electron chi connectivity index (χ2n) is 9.78. The van der Waals surface area contributed by atoms with Gasteiger partial charge in [-0.15, -0.1) is 0 Å². The van der Waals surface area contributed by atoms with E-state index in [1.807, 2.05) is 6.07 Å². The Hall–Kier alpha value is -4.00. The maximum Gasteiger partial charge on any atom is 0.251 e. The normalized spacial score (nSPS) is 11.0. The number of unbranched alkanes of at least 4 members (excludes halogenated alkanes) is 2. The molecule has 0 aliphatic rings. The maximum atomic E-state index is 12.5. The van der Waals surface area contributed by atoms with E-state index < -0.39 is 0 Å². The molecule has 1 aromatic heterocycles. The molecule has 0 bridgehead atoms. The molecule has 0 aliphatic carbocycles. The summed E-state index contributed by atoms with van der Waals surface area (Å²) in [5.74, 6) is 3.11. The van der Waals surface area contributed by atoms with Gasteiger partial charge in [-0.05, 0) is 80.6 Å². The van der Waals surface area contributed by atoms with Crippen molar-refractivity contribution < 1.29 is 19.0 Å². The number of amides is 1. The third-order valence-electron chi connectivity index (χ3n) is 6.87. The largest absolute Gasteiger partial charge is 0.493 e. The van der Waals surface area contributed by atoms with Gasteiger partial charge in [0.05, 0.1) is 31.9 Å². The Balaban J connectivity index is 1.25. The van der Waals surface area contributed by atoms with Crippen LogP contribution in [-0.4, -0.2) is 42.8 Å². The van der Waals surface area contributed by atoms with E-state index in [2.05, 4.69) is 60.1 Å². The van der Waals surface area contributed by atoms with Crippen molar-refractivity contribution in [3.05, 3.63) is 83.2 Å². The number of rotatable bonds is 14. The number of nitrogens with one attached hydrogen (secondary N) is 1. The zero-order valence-electron chi connectivity index (χ0n) is 23.5. The topological polar surface area (TPSA) is 74.6 Å². The molecule has 0 fully saturated rings. The lowest BCUT2D eigenvalue weighted by atomic mass is 10.1. The Kier molecular flexibility index (Phi) is 9.84. The van der Waals surface area contributed by atoms with E-state index in [0.29, 0.717) is 30.2 Å². The average Bonchev–Trinajstić information content (AvgIpc) is 3.31. The number of nitrogens with zero attached hydrogens (tertiary/aromatic N) is 2. The smallest absolute Gasteiger partial charge is 0.251 e. The standard InChI is InChI=1S/C32H39N3O4/c1-23-14-15-24(2)29(21-23)39-20-10-19-35-27-12-8-7-11-26(27)34-31(35)13-6-5-9-18-33-32(36)25-16-17-28(37-3)30(22-25)38-4/h7-8,11-12,14-17,21-22H,5-6,9-10,13,18-20H2,1-4H3,(H,33,36). The van der Waals surface area contributed by atoms with Crippen molar-refractivity contribution in [1.29, 1.82) is 0 Å². The Morgan fingerprint density at radius 3 is 2.51 bits per heavy atom. The van der Waals surface area contributed by atoms with Crippen LogP contribution in [0.15, 0.2) is 60.7 Å². The molecule has 3 aromatic carbocycles. The van der Waals surface area contributed by atoms with Gasteiger partial charge in [-0.2, -0.15) is 0 Å². The highest BCUT2D eigenvalue weighted by Crippen LogP contribution is 2.27. The van der Waals surface area contributed by atoms with Crippen molar-refractivity contribution in [2.75, 3.05) is 27.4 Å². The van der Waals surface area contributed by atoms with Crippen LogP contribution in [0.2, 0.25) is 0 Å². The predicted molar refractivity (Wildman–Crippen MR) is 155 cm³/mol. The molecule has 1 amide bonds. The number of para-hydroxylation sites is 2. The lowest BCUT2D eigenvalue weighted by Gasteiger charge is -2.12. The SMILES string of the molecule is COc1ccc(C(=O)NCCCCCc2nc3ccccc3n2CCCOc2cc(C)ccc2C)cc1OC. The Morgan fingerprint density at radius 2 is 1.69 bits per heavy atom. The van der Waals surface area contributed by atoms with E-state index in [4.69, 9.17) is 19.2 Å². The number of hydrogen-bond acceptors (Lipinski definition) is 5. The summed E-state index contributed by atoms with van der Waals surface area (Å²) in [5.41, 5.74) is 5.13. The van der Waals surface area contributed by atoms with Gasteiger partial charge in [0, 0.05) is 25.1 Å². The Morgan fingerprint density at radius 1 is 0.872 bits per heavy atom. The molecule has 0 aliphatic heterocycles. The minimum absolute atomic E-state index is 0.110. The third-order valence-corrected chi connectivity index (χ3v) is 6.87. The van der Waals surface area contributed by atoms with Gasteiger partial charge in [-0.25, -0.2) is 4.98 Å². The highest BCUT2D eigenvalue weighted by atomic mass is 16.5. The highest BCUT2D eigenvalue weighted by molar-refractivity contribution is 5.94. The van der Waals surface area contributed by atoms with Crippen molar-refractivity contribution in [2.45, 2.75) is 52.5 Å². The first-order valence-electron chi connectivity index (χ1n) is 13.6. The lowest BCUT2D eigenvalue weighted by molar-refractivity contribution is 0.0952. The van der Waals surface area contributed by atoms with Gasteiger partial charge in [-0.1, -0.05) is 30.7 Å². The number of fused-ring (bicyclic) bond motifs is 1. The molecule has 206 valence electrons. The summed E-state index contributed by atoms with van der Waals surface area (Å²) in [4.78, 5) is 17.5. The van der Waals surface area contributed by atoms with Gasteiger partial charge in [0.15, 0.2) is 11.5 Å². The van der Waals surface area contributed by atoms with E-state index in [9.17, 15) is 4.79 Å². The molecular formula is C32H39N3O4. The fraction of sp³-hybridized carbons (Fsp3) is 0.375. The van der Waals surface area contributed by atoms with Crippen LogP contribution in [0.5, 0.6) is 17.2 Å². The number of carbonyl (C=O) groups excluding carboxylic acids is 1. The van der Waals surface area contributed by atoms with Crippen molar-refractivity contribution in [3.8, 4) is 17.2 Å². The zero-order valence-corrected chi connectivity index (χ0v) is 23.5. The van der Waals surface area contributed by atoms with Gasteiger partial charge >= 0.3 is 0 Å². The van der Waals surface area contributed by atoms with E-state index in [0.717, 1.165) is 61.3 Å². The molecule has 0 saturated heterocycles. The summed E-state index contributed by atoms with van der Waals surface area (Å²) in [6, 6.07) is 19.8. The quantitative estimate of drug-likeness (QED) is 0.195. The van der Waals surface area contributed by atoms with Crippen molar-refractivity contribution >= 4 is 16.9 Å². The summed E-state index contributed by atoms with van der Waals surface area (Å²) in [7, 11) is 3.14. The van der Waals surface area contributed by atoms with Gasteiger partial charge in [-0.3, -0.25) is 4.79 Å². The van der Waals surface area contributed by atoms with Gasteiger partial charge in [0.25, 0.3) is 5.91 Å². The summed E-state index contributed by atoms with van der Waals surface area (Å²) >= 11 is 0. The van der Waals surface area contributed by atoms with E-state index >= 15 is 0 Å². The highest BCUT2D eigenvalue weighted by Gasteiger charge is 2.12. The molecule has 0 spiro atoms. The monoisotopic (exact) mass is 529 g/mol. The van der Waals surface area contributed by atoms with Crippen LogP contribution in [0, 0.1) is 13.8 Å². The van der Waals surface area contributed by atoms with E-state index in [1.54, 1.807) is 32.4 Å². The van der Waals surface area contributed by atoms with Gasteiger partial charge < -0.3 is 24.1 Å². The minimum Gasteiger partial charge on any atom is -0.493 e. The third kappa shape index (κ3) is 7.31. The number of carbonyl (C=O) groups is 1. The molecule has 0 radical (unpaired) electrons. The number of aromatic nitrogens is 2. The summed E-state index contributed by atoms with van der Waals surface area (Å²) in [6.45, 7) is 6.32. The zero-order chi connectivity index (χ0) is 27.6. The average molecular weight is 530 g/mol. The minimum atomic E-state index is -0.110. The lowest BCUT2D eigenvalue weighted by Crippen LogP contribution is -2.24. The Bertz CT molecular complexity index is 1400. The number of benzene rings is 3. The molecule has 0 unspecified atom stereocenters. The maximum absolute atomic E-state index is 12.5. The fourth-order valence-electron chi connectivity index (χ4n) is 4.70. The first-order chi connectivity index (χ1) is 19.0. The number of aryl methyl sites for hydroxylation is 4. The molecule has 0 saturated carbocycles. The predicted octanol–water partition coefficient (Wildman–Crippen LogP) is 6.28. The van der Waals surface area contributed by atoms with Crippen molar-refractivity contribution in [1.82, 2.24) is 14.9 Å². The number of hydrogen-bond donors (Lipinski definition) is 1. The van der Waals surface area contributed by atoms with Crippen molar-refractivity contribution in [3.63, 3.8) is 0 Å². The summed E-state index contributed by atoms with van der Waals surface area (Å²) in [5, 5.41) is 3.00. The molecular weight excluding hydrogens is 490 g/mol. The second-order valence-corrected chi connectivity index (χ2v) is 9.78. The molecule has 0 atom stereocenters. The van der Waals surface area contributed by atoms with Crippen LogP contribution in [0.4, 0.5) is 0 Å². The first kappa shape index (κ1) is 28.0. The van der Waals surface area contributed by atoms with Crippen LogP contribution in [0.25, 0.3) is 11.0 Å². The summed E-state index contributed by atoms with van der Waals surface area (Å²) < 4.78 is 19.0. The molecule has 1 N–H and O–H groups in total. The molecule has 7 nitrogen and oxygen atoms in total. The van der Waals surface area contributed by atoms with E-state index in [-0.39, 0.29) is 5.91 Å². The molecule has 4 rings (SSSR count). The van der Waals surface area contributed by atoms with E-state index in [1.165, 1.54) is 11.1 Å². The number of methoxy groups -OCH3 is 2. The molecule has 39 heavy (non-hydrogen) atoms. The Labute approximate surface area is 231 Å².